The molecule has 3 atom stereocenters. The summed E-state index contributed by atoms with van der Waals surface area (Å²) in [6.45, 7) is 78.1. The summed E-state index contributed by atoms with van der Waals surface area (Å²) >= 11 is 0. The number of hydrogen-bond donors (Lipinski definition) is 0. The van der Waals surface area contributed by atoms with Crippen molar-refractivity contribution in [1.29, 1.82) is 0 Å². The lowest BCUT2D eigenvalue weighted by atomic mass is 9.84. The maximum absolute atomic E-state index is 12.9. The molecule has 1 saturated carbocycles. The molecule has 1 aliphatic rings. The zero-order chi connectivity index (χ0) is 70.6. The average Bonchev–Trinajstić information content (AvgIpc) is 3.78. The quantitative estimate of drug-likeness (QED) is 0.183. The lowest BCUT2D eigenvalue weighted by molar-refractivity contribution is -0.152. The molecule has 1 rings (SSSR count). The fourth-order valence-corrected chi connectivity index (χ4v) is 9.94. The van der Waals surface area contributed by atoms with Crippen molar-refractivity contribution in [1.82, 2.24) is 0 Å². The maximum Gasteiger partial charge on any atom is 0.389 e. The minimum atomic E-state index is -4.02. The number of halogens is 9. The number of ketones is 2. The number of alkyl halides is 9. The van der Waals surface area contributed by atoms with Crippen LogP contribution in [0.4, 0.5) is 39.5 Å². The van der Waals surface area contributed by atoms with E-state index in [1.54, 1.807) is 62.3 Å². The predicted molar refractivity (Wildman–Crippen MR) is 376 cm³/mol. The molecule has 0 unspecified atom stereocenters. The number of hydrogen-bond acceptors (Lipinski definition) is 2. The van der Waals surface area contributed by atoms with Crippen molar-refractivity contribution in [3.63, 3.8) is 0 Å². The smallest absolute Gasteiger partial charge is 0.300 e. The Balaban J connectivity index is -0.0000000827. The summed E-state index contributed by atoms with van der Waals surface area (Å²) in [6.07, 6.45) is 5.39. The first kappa shape index (κ1) is 110. The van der Waals surface area contributed by atoms with Gasteiger partial charge in [-0.05, 0) is 160 Å². The van der Waals surface area contributed by atoms with Gasteiger partial charge in [0.25, 0.3) is 0 Å². The minimum absolute atomic E-state index is 0. The van der Waals surface area contributed by atoms with E-state index in [1.807, 2.05) is 96.9 Å². The third-order valence-corrected chi connectivity index (χ3v) is 11.7. The number of carbonyl (C=O) groups excluding carboxylic acids is 2. The number of carbonyl (C=O) groups is 2. The Morgan fingerprint density at radius 1 is 0.368 bits per heavy atom. The van der Waals surface area contributed by atoms with Crippen LogP contribution in [0.25, 0.3) is 0 Å². The summed E-state index contributed by atoms with van der Waals surface area (Å²) in [5, 5.41) is 0. The van der Waals surface area contributed by atoms with Crippen molar-refractivity contribution in [2.75, 3.05) is 0 Å². The molecule has 0 aromatic rings. The van der Waals surface area contributed by atoms with Gasteiger partial charge in [0.15, 0.2) is 0 Å². The second kappa shape index (κ2) is 43.6. The van der Waals surface area contributed by atoms with E-state index in [-0.39, 0.29) is 85.9 Å². The third kappa shape index (κ3) is 126. The standard InChI is InChI=1S/2C9H18O.C9H18.C9H20.C8H16F2.2C8H17F.C7H14F2.C6H11F3.3CH4/c2*1-7(8(2)10)6-9(3,4)5;1-8(2,3)7-9(4)5-6-9;1-6-8(2)7-9(3,4)5;1-5-8(9,10)6-7(2,3)4;2*1-7(2,3)6-8(4,5)9;1-6(2,3)5-7(4,8)9;1-5(2,3)4-6(7,8)9;;;/h2*7H,6H2,1-5H3;5-7H2,1-4H3;8H,6-7H2,1-5H3;5-6H2,1-4H3;2*6H2,1-5H3;5H2,1-4H3;4H2,1-3H3;3*1H4/t2*7-;;8-;;;;;;;;/m00.1......../s1. The van der Waals surface area contributed by atoms with Crippen molar-refractivity contribution in [3.8, 4) is 0 Å². The van der Waals surface area contributed by atoms with Crippen LogP contribution in [-0.4, -0.2) is 40.9 Å². The van der Waals surface area contributed by atoms with Gasteiger partial charge in [-0.3, -0.25) is 9.59 Å². The van der Waals surface area contributed by atoms with Gasteiger partial charge >= 0.3 is 6.18 Å². The molecule has 1 fully saturated rings. The molecule has 11 heteroatoms. The van der Waals surface area contributed by atoms with Gasteiger partial charge in [0, 0.05) is 37.5 Å². The molecular formula is C76H161F9O2. The Labute approximate surface area is 542 Å². The molecule has 0 saturated heterocycles. The fraction of sp³-hybridized carbons (Fsp3) is 0.974. The van der Waals surface area contributed by atoms with Gasteiger partial charge in [-0.1, -0.05) is 257 Å². The van der Waals surface area contributed by atoms with Crippen LogP contribution in [0, 0.1) is 71.9 Å². The van der Waals surface area contributed by atoms with Gasteiger partial charge in [0.05, 0.1) is 0 Å². The molecular weight excluding hydrogens is 1120 g/mol. The van der Waals surface area contributed by atoms with Crippen LogP contribution in [0.5, 0.6) is 0 Å². The van der Waals surface area contributed by atoms with Gasteiger partial charge in [-0.25, -0.2) is 26.3 Å². The lowest BCUT2D eigenvalue weighted by Crippen LogP contribution is -2.22. The molecule has 0 N–H and O–H groups in total. The fourth-order valence-electron chi connectivity index (χ4n) is 9.94. The van der Waals surface area contributed by atoms with Crippen LogP contribution in [0.1, 0.15) is 383 Å². The molecule has 0 aromatic heterocycles. The SMILES string of the molecule is C.C.C.CC(=O)[C@@H](C)CC(C)(C)C.CC(=O)[C@@H](C)CC(C)(C)C.CC(C)(C)CC(C)(C)F.CC(C)(C)CC(C)(C)F.CC(C)(C)CC(C)(F)F.CC(C)(C)CC(F)(F)F.CC(C)(C)CC1(C)CC1.CCC(F)(F)CC(C)(C)C.CC[C@@H](C)CC(C)(C)C. The summed E-state index contributed by atoms with van der Waals surface area (Å²) in [6, 6.07) is 0. The monoisotopic (exact) mass is 1280 g/mol. The summed E-state index contributed by atoms with van der Waals surface area (Å²) in [5.41, 5.74) is -0.613. The van der Waals surface area contributed by atoms with E-state index in [0.717, 1.165) is 31.1 Å². The molecule has 0 radical (unpaired) electrons. The molecule has 0 spiro atoms. The Morgan fingerprint density at radius 3 is 0.655 bits per heavy atom. The zero-order valence-electron chi connectivity index (χ0n) is 63.6. The molecule has 1 aliphatic carbocycles. The Morgan fingerprint density at radius 2 is 0.609 bits per heavy atom. The van der Waals surface area contributed by atoms with Gasteiger partial charge in [-0.2, -0.15) is 13.2 Å². The van der Waals surface area contributed by atoms with Crippen LogP contribution >= 0.6 is 0 Å². The molecule has 0 heterocycles. The molecule has 540 valence electrons. The van der Waals surface area contributed by atoms with Crippen molar-refractivity contribution in [2.45, 2.75) is 412 Å². The van der Waals surface area contributed by atoms with Crippen molar-refractivity contribution in [2.24, 2.45) is 71.9 Å². The van der Waals surface area contributed by atoms with E-state index in [1.165, 1.54) is 39.0 Å². The van der Waals surface area contributed by atoms with Crippen molar-refractivity contribution >= 4 is 11.6 Å². The molecule has 0 aliphatic heterocycles. The Hall–Kier alpha value is -1.29. The highest BCUT2D eigenvalue weighted by atomic mass is 19.4. The average molecular weight is 1280 g/mol. The predicted octanol–water partition coefficient (Wildman–Crippen LogP) is 29.8. The first-order valence-electron chi connectivity index (χ1n) is 31.8. The van der Waals surface area contributed by atoms with Gasteiger partial charge in [0.2, 0.25) is 11.8 Å². The second-order valence-electron chi connectivity index (χ2n) is 37.9. The molecule has 0 amide bonds. The normalized spacial score (nSPS) is 14.9. The molecule has 0 bridgehead atoms. The number of rotatable bonds is 12. The largest absolute Gasteiger partial charge is 0.389 e. The van der Waals surface area contributed by atoms with Crippen LogP contribution in [0.3, 0.4) is 0 Å². The first-order valence-corrected chi connectivity index (χ1v) is 31.8. The van der Waals surface area contributed by atoms with E-state index in [4.69, 9.17) is 0 Å². The van der Waals surface area contributed by atoms with Gasteiger partial charge < -0.3 is 0 Å². The van der Waals surface area contributed by atoms with Gasteiger partial charge in [-0.15, -0.1) is 0 Å². The van der Waals surface area contributed by atoms with Crippen molar-refractivity contribution < 1.29 is 49.1 Å². The highest BCUT2D eigenvalue weighted by Gasteiger charge is 2.40. The summed E-state index contributed by atoms with van der Waals surface area (Å²) in [5.74, 6) is -3.05. The van der Waals surface area contributed by atoms with E-state index < -0.39 is 41.2 Å². The van der Waals surface area contributed by atoms with E-state index in [9.17, 15) is 49.1 Å². The second-order valence-corrected chi connectivity index (χ2v) is 37.9. The first-order chi connectivity index (χ1) is 35.6. The Kier molecular flexibility index (Phi) is 55.2. The molecule has 0 aromatic carbocycles. The maximum atomic E-state index is 12.9. The highest BCUT2D eigenvalue weighted by Crippen LogP contribution is 2.52. The van der Waals surface area contributed by atoms with Gasteiger partial charge in [0.1, 0.15) is 22.9 Å². The minimum Gasteiger partial charge on any atom is -0.300 e. The molecule has 87 heavy (non-hydrogen) atoms. The summed E-state index contributed by atoms with van der Waals surface area (Å²) in [4.78, 5) is 21.6. The summed E-state index contributed by atoms with van der Waals surface area (Å²) in [7, 11) is 0. The topological polar surface area (TPSA) is 34.1 Å². The highest BCUT2D eigenvalue weighted by molar-refractivity contribution is 5.78. The third-order valence-electron chi connectivity index (χ3n) is 11.7. The van der Waals surface area contributed by atoms with E-state index in [2.05, 4.69) is 104 Å². The van der Waals surface area contributed by atoms with Crippen LogP contribution < -0.4 is 0 Å². The van der Waals surface area contributed by atoms with Crippen LogP contribution in [0.2, 0.25) is 0 Å². The summed E-state index contributed by atoms with van der Waals surface area (Å²) < 4.78 is 110. The Bertz CT molecular complexity index is 1420. The lowest BCUT2D eigenvalue weighted by Gasteiger charge is -2.25. The van der Waals surface area contributed by atoms with E-state index in [0.29, 0.717) is 35.2 Å². The van der Waals surface area contributed by atoms with E-state index >= 15 is 0 Å². The van der Waals surface area contributed by atoms with Crippen LogP contribution in [0.15, 0.2) is 0 Å². The number of Topliss-reactive ketones (excluding diaryl/α,β-unsaturated/α-hetero) is 2. The van der Waals surface area contributed by atoms with Crippen LogP contribution in [-0.2, 0) is 9.59 Å². The molecule has 2 nitrogen and oxygen atoms in total. The van der Waals surface area contributed by atoms with Crippen molar-refractivity contribution in [3.05, 3.63) is 0 Å². The zero-order valence-corrected chi connectivity index (χ0v) is 63.6.